The van der Waals surface area contributed by atoms with Gasteiger partial charge in [-0.25, -0.2) is 0 Å². The summed E-state index contributed by atoms with van der Waals surface area (Å²) in [5.74, 6) is -2.24. The second kappa shape index (κ2) is 37.3. The third kappa shape index (κ3) is 23.2. The minimum Gasteiger partial charge on any atom is -0.386 e. The van der Waals surface area contributed by atoms with Crippen LogP contribution in [0, 0.1) is 23.2 Å². The number of likely N-dealkylation sites (N-methyl/N-ethyl adjacent to an activating group) is 2. The number of rotatable bonds is 23. The molecule has 0 bridgehead atoms. The van der Waals surface area contributed by atoms with E-state index in [0.717, 1.165) is 44.8 Å². The van der Waals surface area contributed by atoms with Gasteiger partial charge in [-0.05, 0) is 90.2 Å². The van der Waals surface area contributed by atoms with Gasteiger partial charge >= 0.3 is 0 Å². The Morgan fingerprint density at radius 1 is 0.875 bits per heavy atom. The summed E-state index contributed by atoms with van der Waals surface area (Å²) >= 11 is 0. The summed E-state index contributed by atoms with van der Waals surface area (Å²) in [5.41, 5.74) is 0.663. The smallest absolute Gasteiger partial charge is 0.243 e. The molecule has 5 amide bonds. The molecule has 3 rings (SSSR count). The zero-order valence-electron chi connectivity index (χ0n) is 47.5. The first-order chi connectivity index (χ1) is 34.1. The first kappa shape index (κ1) is 67.6. The number of nitrogens with one attached hydrogen (secondary N) is 3. The molecule has 0 saturated carbocycles. The van der Waals surface area contributed by atoms with Gasteiger partial charge in [0.15, 0.2) is 0 Å². The summed E-state index contributed by atoms with van der Waals surface area (Å²) in [5, 5.41) is 19.4. The van der Waals surface area contributed by atoms with Gasteiger partial charge in [-0.15, -0.1) is 0 Å². The Bertz CT molecular complexity index is 1760. The van der Waals surface area contributed by atoms with Gasteiger partial charge in [-0.3, -0.25) is 24.0 Å². The number of ether oxygens (including phenoxy) is 2. The Morgan fingerprint density at radius 3 is 2.01 bits per heavy atom. The predicted molar refractivity (Wildman–Crippen MR) is 291 cm³/mol. The molecule has 15 nitrogen and oxygen atoms in total. The largest absolute Gasteiger partial charge is 0.386 e. The Hall–Kier alpha value is -4.44. The highest BCUT2D eigenvalue weighted by atomic mass is 16.5. The fourth-order valence-corrected chi connectivity index (χ4v) is 9.10. The van der Waals surface area contributed by atoms with Crippen LogP contribution in [0.15, 0.2) is 54.6 Å². The maximum Gasteiger partial charge on any atom is 0.243 e. The van der Waals surface area contributed by atoms with Gasteiger partial charge < -0.3 is 50.0 Å². The first-order valence-electron chi connectivity index (χ1n) is 26.7. The van der Waals surface area contributed by atoms with Crippen LogP contribution in [0.5, 0.6) is 0 Å². The van der Waals surface area contributed by atoms with Crippen LogP contribution in [0.25, 0.3) is 0 Å². The Balaban J connectivity index is 0.00000235. The summed E-state index contributed by atoms with van der Waals surface area (Å²) in [6, 6.07) is 7.00. The number of allylic oxidation sites excluding steroid dienone is 4. The topological polar surface area (TPSA) is 187 Å². The zero-order chi connectivity index (χ0) is 55.0. The second-order valence-electron chi connectivity index (χ2n) is 20.1. The molecule has 10 atom stereocenters. The summed E-state index contributed by atoms with van der Waals surface area (Å²) in [6.45, 7) is 22.3. The van der Waals surface area contributed by atoms with E-state index in [4.69, 9.17) is 9.47 Å². The average Bonchev–Trinajstić information content (AvgIpc) is 3.86. The van der Waals surface area contributed by atoms with Crippen LogP contribution in [-0.2, 0) is 38.2 Å². The molecular weight excluding hydrogens is 913 g/mol. The predicted octanol–water partition coefficient (Wildman–Crippen LogP) is 8.06. The Kier molecular flexibility index (Phi) is 35.0. The van der Waals surface area contributed by atoms with Crippen molar-refractivity contribution in [3.8, 4) is 0 Å². The number of carbonyl (C=O) groups excluding carboxylic acids is 6. The standard InChI is InChI=1S/C40H68N6O8.C10H16O.C4H8.C3H8/c1-12-26(4)36(45(9)34(49)24-42-40(52)35(25(2)3)44(8)32(47)20-21-41-7)31(53-10)23-33(48)46-22-16-19-30(46)38(54-11)27(5)39(51)43-28(6)37(50)29-17-14-13-15-18-29;1-10(9-11)7-5-3-2-4-6-8-10;1-3-4-2;1-3-2/h13-15,17-18,25-28,30-31,35-38,41,50H,12,16,19-24H2,1-11H3,(H,42,52)(H,43,51);2-3,9H,4-8H2,1H3;3-4H,1-2H3;3H2,1-2H3/b;3-2+;4-3-;/t26-,27?,28?,30?,31?,35?,36?,37?,38?;10-;;/m00../s1. The van der Waals surface area contributed by atoms with Crippen LogP contribution in [-0.4, -0.2) is 147 Å². The number of methoxy groups -OCH3 is 2. The molecule has 0 radical (unpaired) electrons. The molecule has 0 spiro atoms. The monoisotopic (exact) mass is 1010 g/mol. The number of carbonyl (C=O) groups is 6. The van der Waals surface area contributed by atoms with Crippen LogP contribution in [0.2, 0.25) is 0 Å². The molecule has 1 fully saturated rings. The third-order valence-electron chi connectivity index (χ3n) is 13.8. The first-order valence-corrected chi connectivity index (χ1v) is 26.7. The number of amides is 5. The fourth-order valence-electron chi connectivity index (χ4n) is 9.10. The number of aldehydes is 1. The SMILES string of the molecule is C/C=C\C.CCC.CC[C@H](C)C(C(CC(=O)N1CCCC1C(OC)C(C)C(=O)NC(C)C(O)c1ccccc1)OC)N(C)C(=O)CNC(=O)C(C(C)C)N(C)C(=O)CCNC.C[C@]1(C=O)CC/C=C/CCC1. The lowest BCUT2D eigenvalue weighted by Crippen LogP contribution is -2.56. The molecular formula is C57H100N6O9. The number of likely N-dealkylation sites (tertiary alicyclic amines) is 1. The summed E-state index contributed by atoms with van der Waals surface area (Å²) in [6.07, 6.45) is 16.5. The van der Waals surface area contributed by atoms with E-state index in [9.17, 15) is 33.9 Å². The van der Waals surface area contributed by atoms with E-state index >= 15 is 0 Å². The minimum atomic E-state index is -0.888. The quantitative estimate of drug-likeness (QED) is 0.0617. The van der Waals surface area contributed by atoms with Gasteiger partial charge in [0.25, 0.3) is 0 Å². The number of aliphatic hydroxyl groups is 1. The van der Waals surface area contributed by atoms with Gasteiger partial charge in [0, 0.05) is 53.2 Å². The molecule has 1 aliphatic carbocycles. The Labute approximate surface area is 436 Å². The highest BCUT2D eigenvalue weighted by molar-refractivity contribution is 5.91. The van der Waals surface area contributed by atoms with Gasteiger partial charge in [-0.1, -0.05) is 123 Å². The van der Waals surface area contributed by atoms with Crippen molar-refractivity contribution in [3.05, 3.63) is 60.2 Å². The molecule has 72 heavy (non-hydrogen) atoms. The summed E-state index contributed by atoms with van der Waals surface area (Å²) in [4.78, 5) is 82.6. The molecule has 1 aliphatic heterocycles. The number of benzene rings is 1. The van der Waals surface area contributed by atoms with E-state index in [1.165, 1.54) is 25.5 Å². The van der Waals surface area contributed by atoms with Crippen LogP contribution >= 0.6 is 0 Å². The highest BCUT2D eigenvalue weighted by Crippen LogP contribution is 2.31. The molecule has 1 aromatic rings. The van der Waals surface area contributed by atoms with Crippen molar-refractivity contribution >= 4 is 35.8 Å². The maximum absolute atomic E-state index is 14.1. The normalized spacial score (nSPS) is 20.3. The third-order valence-corrected chi connectivity index (χ3v) is 13.8. The highest BCUT2D eigenvalue weighted by Gasteiger charge is 2.42. The Morgan fingerprint density at radius 2 is 1.49 bits per heavy atom. The van der Waals surface area contributed by atoms with Crippen molar-refractivity contribution in [3.63, 3.8) is 0 Å². The molecule has 2 aliphatic rings. The van der Waals surface area contributed by atoms with E-state index < -0.39 is 48.3 Å². The molecule has 412 valence electrons. The molecule has 8 unspecified atom stereocenters. The maximum atomic E-state index is 14.1. The lowest BCUT2D eigenvalue weighted by atomic mass is 9.81. The van der Waals surface area contributed by atoms with Crippen molar-refractivity contribution in [2.75, 3.05) is 55.0 Å². The number of hydrogen-bond donors (Lipinski definition) is 4. The van der Waals surface area contributed by atoms with Gasteiger partial charge in [0.1, 0.15) is 12.3 Å². The van der Waals surface area contributed by atoms with Crippen molar-refractivity contribution in [1.29, 1.82) is 0 Å². The van der Waals surface area contributed by atoms with E-state index in [-0.39, 0.29) is 66.3 Å². The second-order valence-corrected chi connectivity index (χ2v) is 20.1. The van der Waals surface area contributed by atoms with Crippen LogP contribution in [0.3, 0.4) is 0 Å². The number of aliphatic hydroxyl groups excluding tert-OH is 1. The fraction of sp³-hybridized carbons (Fsp3) is 0.719. The minimum absolute atomic E-state index is 0.00174. The van der Waals surface area contributed by atoms with Gasteiger partial charge in [0.2, 0.25) is 29.5 Å². The molecule has 1 aromatic carbocycles. The molecule has 4 N–H and O–H groups in total. The van der Waals surface area contributed by atoms with E-state index in [0.29, 0.717) is 31.5 Å². The van der Waals surface area contributed by atoms with E-state index in [1.807, 2.05) is 84.0 Å². The zero-order valence-corrected chi connectivity index (χ0v) is 47.5. The van der Waals surface area contributed by atoms with Crippen molar-refractivity contribution in [2.45, 2.75) is 189 Å². The van der Waals surface area contributed by atoms with Gasteiger partial charge in [0.05, 0.1) is 55.3 Å². The lowest BCUT2D eigenvalue weighted by molar-refractivity contribution is -0.146. The van der Waals surface area contributed by atoms with Crippen LogP contribution in [0.4, 0.5) is 0 Å². The number of hydrogen-bond acceptors (Lipinski definition) is 10. The summed E-state index contributed by atoms with van der Waals surface area (Å²) in [7, 11) is 8.08. The van der Waals surface area contributed by atoms with Crippen molar-refractivity contribution in [1.82, 2.24) is 30.7 Å². The summed E-state index contributed by atoms with van der Waals surface area (Å²) < 4.78 is 11.8. The molecule has 0 aromatic heterocycles. The van der Waals surface area contributed by atoms with Crippen LogP contribution < -0.4 is 16.0 Å². The van der Waals surface area contributed by atoms with E-state index in [1.54, 1.807) is 44.8 Å². The van der Waals surface area contributed by atoms with Crippen molar-refractivity contribution in [2.24, 2.45) is 23.2 Å². The molecule has 1 heterocycles. The van der Waals surface area contributed by atoms with E-state index in [2.05, 4.69) is 48.9 Å². The van der Waals surface area contributed by atoms with Gasteiger partial charge in [-0.2, -0.15) is 0 Å². The lowest BCUT2D eigenvalue weighted by Gasteiger charge is -2.39. The average molecular weight is 1010 g/mol. The van der Waals surface area contributed by atoms with Crippen LogP contribution in [0.1, 0.15) is 158 Å². The molecule has 1 saturated heterocycles. The number of nitrogens with zero attached hydrogens (tertiary/aromatic N) is 3. The molecule has 15 heteroatoms. The van der Waals surface area contributed by atoms with Crippen molar-refractivity contribution < 1.29 is 43.3 Å².